The van der Waals surface area contributed by atoms with E-state index in [0.717, 1.165) is 63.3 Å². The molecule has 5 rings (SSSR count). The average molecular weight is 404 g/mol. The van der Waals surface area contributed by atoms with Gasteiger partial charge in [0.1, 0.15) is 5.78 Å². The lowest BCUT2D eigenvalue weighted by atomic mass is 9.43. The number of Topliss-reactive ketones (excluding diaryl/α,β-unsaturated/α-hetero) is 1. The highest BCUT2D eigenvalue weighted by Crippen LogP contribution is 2.68. The molecule has 0 radical (unpaired) electrons. The predicted octanol–water partition coefficient (Wildman–Crippen LogP) is 4.34. The Morgan fingerprint density at radius 1 is 1.11 bits per heavy atom. The molecule has 2 N–H and O–H groups in total. The molecule has 0 aromatic carbocycles. The molecule has 4 aliphatic carbocycles. The fourth-order valence-corrected chi connectivity index (χ4v) is 9.67. The molecule has 5 fully saturated rings. The predicted molar refractivity (Wildman–Crippen MR) is 115 cm³/mol. The lowest BCUT2D eigenvalue weighted by Crippen LogP contribution is -2.63. The van der Waals surface area contributed by atoms with Crippen LogP contribution >= 0.6 is 11.8 Å². The van der Waals surface area contributed by atoms with E-state index in [2.05, 4.69) is 37.5 Å². The number of thioether (sulfide) groups is 1. The summed E-state index contributed by atoms with van der Waals surface area (Å²) in [4.78, 5) is 12.7. The normalized spacial score (nSPS) is 53.6. The molecule has 4 saturated carbocycles. The van der Waals surface area contributed by atoms with Crippen molar-refractivity contribution in [2.45, 2.75) is 87.7 Å². The lowest BCUT2D eigenvalue weighted by molar-refractivity contribution is -0.182. The summed E-state index contributed by atoms with van der Waals surface area (Å²) in [7, 11) is 0. The molecule has 0 aromatic rings. The minimum atomic E-state index is -0.608. The van der Waals surface area contributed by atoms with Crippen molar-refractivity contribution in [3.8, 4) is 0 Å². The highest BCUT2D eigenvalue weighted by molar-refractivity contribution is 8.00. The number of aliphatic hydroxyl groups is 1. The van der Waals surface area contributed by atoms with E-state index in [9.17, 15) is 9.90 Å². The Balaban J connectivity index is 1.40. The van der Waals surface area contributed by atoms with Crippen LogP contribution in [0.3, 0.4) is 0 Å². The van der Waals surface area contributed by atoms with Crippen molar-refractivity contribution in [1.82, 2.24) is 5.32 Å². The molecule has 1 saturated heterocycles. The van der Waals surface area contributed by atoms with Crippen molar-refractivity contribution in [3.05, 3.63) is 12.2 Å². The standard InChI is InChI=1S/C24H37NO2S/c1-15-12-24(27)13-16(28-17-8-11-25-14-17)6-10-23(24,3)19-7-9-22(2)18(21(15)19)4-5-20(22)26/h16-19,21,25,27H,1,4-14H2,2-3H3/t16-,17-,18+,19+,21+,22+,23-,24-/m1/s1. The summed E-state index contributed by atoms with van der Waals surface area (Å²) in [6.45, 7) is 11.4. The van der Waals surface area contributed by atoms with Crippen molar-refractivity contribution < 1.29 is 9.90 Å². The van der Waals surface area contributed by atoms with Crippen LogP contribution in [-0.2, 0) is 4.79 Å². The first-order valence-corrected chi connectivity index (χ1v) is 12.5. The zero-order valence-corrected chi connectivity index (χ0v) is 18.5. The summed E-state index contributed by atoms with van der Waals surface area (Å²) in [6, 6.07) is 0. The monoisotopic (exact) mass is 403 g/mol. The van der Waals surface area contributed by atoms with Crippen LogP contribution in [0.25, 0.3) is 0 Å². The third-order valence-electron chi connectivity index (χ3n) is 9.80. The highest BCUT2D eigenvalue weighted by atomic mass is 32.2. The molecule has 0 bridgehead atoms. The smallest absolute Gasteiger partial charge is 0.139 e. The quantitative estimate of drug-likeness (QED) is 0.673. The van der Waals surface area contributed by atoms with Gasteiger partial charge in [-0.1, -0.05) is 26.0 Å². The number of nitrogens with one attached hydrogen (secondary N) is 1. The third kappa shape index (κ3) is 2.66. The van der Waals surface area contributed by atoms with Gasteiger partial charge in [0.2, 0.25) is 0 Å². The van der Waals surface area contributed by atoms with Gasteiger partial charge in [-0.2, -0.15) is 11.8 Å². The summed E-state index contributed by atoms with van der Waals surface area (Å²) in [5, 5.41) is 16.8. The number of hydrogen-bond acceptors (Lipinski definition) is 4. The van der Waals surface area contributed by atoms with Crippen LogP contribution in [0.5, 0.6) is 0 Å². The van der Waals surface area contributed by atoms with Crippen LogP contribution in [0.15, 0.2) is 12.2 Å². The van der Waals surface area contributed by atoms with Gasteiger partial charge >= 0.3 is 0 Å². The topological polar surface area (TPSA) is 49.3 Å². The first kappa shape index (κ1) is 19.6. The molecule has 3 nitrogen and oxygen atoms in total. The van der Waals surface area contributed by atoms with Crippen molar-refractivity contribution in [3.63, 3.8) is 0 Å². The van der Waals surface area contributed by atoms with E-state index in [4.69, 9.17) is 0 Å². The van der Waals surface area contributed by atoms with Gasteiger partial charge in [0.25, 0.3) is 0 Å². The first-order valence-electron chi connectivity index (χ1n) is 11.6. The van der Waals surface area contributed by atoms with E-state index in [1.807, 2.05) is 0 Å². The number of carbonyl (C=O) groups excluding carboxylic acids is 1. The number of fused-ring (bicyclic) bond motifs is 5. The van der Waals surface area contributed by atoms with Crippen molar-refractivity contribution in [2.24, 2.45) is 28.6 Å². The Bertz CT molecular complexity index is 688. The number of ketones is 1. The molecule has 0 amide bonds. The summed E-state index contributed by atoms with van der Waals surface area (Å²) in [5.74, 6) is 1.89. The van der Waals surface area contributed by atoms with E-state index >= 15 is 0 Å². The zero-order chi connectivity index (χ0) is 19.7. The van der Waals surface area contributed by atoms with Gasteiger partial charge in [0.05, 0.1) is 5.60 Å². The Morgan fingerprint density at radius 3 is 2.68 bits per heavy atom. The zero-order valence-electron chi connectivity index (χ0n) is 17.6. The summed E-state index contributed by atoms with van der Waals surface area (Å²) >= 11 is 2.13. The Morgan fingerprint density at radius 2 is 1.93 bits per heavy atom. The highest BCUT2D eigenvalue weighted by Gasteiger charge is 2.65. The van der Waals surface area contributed by atoms with Crippen LogP contribution in [0.2, 0.25) is 0 Å². The molecule has 1 heterocycles. The van der Waals surface area contributed by atoms with Gasteiger partial charge in [-0.3, -0.25) is 4.79 Å². The van der Waals surface area contributed by atoms with Crippen LogP contribution < -0.4 is 5.32 Å². The molecule has 5 aliphatic rings. The second kappa shape index (κ2) is 6.59. The lowest BCUT2D eigenvalue weighted by Gasteiger charge is -2.64. The molecule has 0 aromatic heterocycles. The molecule has 0 spiro atoms. The fraction of sp³-hybridized carbons (Fsp3) is 0.875. The van der Waals surface area contributed by atoms with Crippen LogP contribution in [0.1, 0.15) is 71.6 Å². The van der Waals surface area contributed by atoms with E-state index in [1.54, 1.807) is 0 Å². The molecular weight excluding hydrogens is 366 g/mol. The first-order chi connectivity index (χ1) is 13.3. The molecule has 1 aliphatic heterocycles. The maximum atomic E-state index is 12.7. The van der Waals surface area contributed by atoms with Crippen molar-refractivity contribution >= 4 is 17.5 Å². The van der Waals surface area contributed by atoms with Gasteiger partial charge in [-0.15, -0.1) is 0 Å². The Kier molecular flexibility index (Phi) is 4.62. The Labute approximate surface area is 174 Å². The van der Waals surface area contributed by atoms with Gasteiger partial charge < -0.3 is 10.4 Å². The van der Waals surface area contributed by atoms with Crippen LogP contribution in [0.4, 0.5) is 0 Å². The minimum Gasteiger partial charge on any atom is -0.389 e. The average Bonchev–Trinajstić information content (AvgIpc) is 3.25. The third-order valence-corrected chi connectivity index (χ3v) is 11.4. The van der Waals surface area contributed by atoms with Crippen LogP contribution in [0, 0.1) is 28.6 Å². The molecule has 8 atom stereocenters. The van der Waals surface area contributed by atoms with Gasteiger partial charge in [0.15, 0.2) is 0 Å². The number of carbonyl (C=O) groups is 1. The van der Waals surface area contributed by atoms with E-state index in [-0.39, 0.29) is 10.8 Å². The molecule has 4 heteroatoms. The van der Waals surface area contributed by atoms with E-state index in [1.165, 1.54) is 18.4 Å². The molecule has 0 unspecified atom stereocenters. The van der Waals surface area contributed by atoms with Gasteiger partial charge in [0, 0.05) is 34.3 Å². The number of hydrogen-bond donors (Lipinski definition) is 2. The maximum Gasteiger partial charge on any atom is 0.139 e. The second-order valence-electron chi connectivity index (χ2n) is 11.1. The summed E-state index contributed by atoms with van der Waals surface area (Å²) in [6.07, 6.45) is 9.21. The summed E-state index contributed by atoms with van der Waals surface area (Å²) in [5.41, 5.74) is 0.502. The van der Waals surface area contributed by atoms with Crippen molar-refractivity contribution in [2.75, 3.05) is 13.1 Å². The molecule has 156 valence electrons. The largest absolute Gasteiger partial charge is 0.389 e. The van der Waals surface area contributed by atoms with E-state index < -0.39 is 5.60 Å². The van der Waals surface area contributed by atoms with Crippen molar-refractivity contribution in [1.29, 1.82) is 0 Å². The van der Waals surface area contributed by atoms with Crippen LogP contribution in [-0.4, -0.2) is 40.1 Å². The maximum absolute atomic E-state index is 12.7. The fourth-order valence-electron chi connectivity index (χ4n) is 8.03. The Hall–Kier alpha value is -0.320. The van der Waals surface area contributed by atoms with Gasteiger partial charge in [-0.25, -0.2) is 0 Å². The van der Waals surface area contributed by atoms with Gasteiger partial charge in [-0.05, 0) is 75.7 Å². The van der Waals surface area contributed by atoms with E-state index in [0.29, 0.717) is 28.8 Å². The number of rotatable bonds is 2. The second-order valence-corrected chi connectivity index (χ2v) is 12.7. The molecular formula is C24H37NO2S. The summed E-state index contributed by atoms with van der Waals surface area (Å²) < 4.78 is 0. The minimum absolute atomic E-state index is 0.0171. The molecule has 28 heavy (non-hydrogen) atoms. The SMILES string of the molecule is C=C1C[C@@]2(O)C[C@H](S[C@@H]3CCNC3)CC[C@]2(C)[C@H]2CC[C@]3(C)C(=O)CC[C@H]3[C@H]12.